The van der Waals surface area contributed by atoms with Crippen molar-refractivity contribution in [2.45, 2.75) is 84.6 Å². The molecule has 0 saturated carbocycles. The van der Waals surface area contributed by atoms with Gasteiger partial charge in [-0.3, -0.25) is 0 Å². The zero-order valence-electron chi connectivity index (χ0n) is 36.2. The molecule has 0 spiro atoms. The van der Waals surface area contributed by atoms with Gasteiger partial charge < -0.3 is 43.5 Å². The molecule has 4 aromatic rings. The van der Waals surface area contributed by atoms with Gasteiger partial charge >= 0.3 is 18.3 Å². The van der Waals surface area contributed by atoms with Crippen molar-refractivity contribution in [3.63, 3.8) is 0 Å². The fourth-order valence-electron chi connectivity index (χ4n) is 5.53. The van der Waals surface area contributed by atoms with E-state index < -0.39 is 29.5 Å². The molecule has 2 unspecified atom stereocenters. The molecule has 0 bridgehead atoms. The molecular weight excluding hydrogens is 809 g/mol. The first-order chi connectivity index (χ1) is 28.1. The summed E-state index contributed by atoms with van der Waals surface area (Å²) >= 11 is 11.8. The standard InChI is InChI=1S/C25H33ClN2O5.C21H26ClNO4/c1-7-27(5)23(29)32-21-12-8-18(9-13-21)22(28(6)24(30)33-25(2,3)4)16-17-31-20-14-10-19(26)11-15-20;1-21(2,3)27-20(25)23(4)19(15-6-5-7-17(24)14-15)12-13-26-18-10-8-16(22)9-11-18/h8-15,22H,7,16-17H2,1-6H3;5-11,14,19,24H,12-13H2,1-4H3. The van der Waals surface area contributed by atoms with Gasteiger partial charge in [-0.2, -0.15) is 0 Å². The Balaban J connectivity index is 0.000000327. The van der Waals surface area contributed by atoms with Crippen LogP contribution in [0.2, 0.25) is 10.0 Å². The van der Waals surface area contributed by atoms with Gasteiger partial charge in [0, 0.05) is 50.6 Å². The number of rotatable bonds is 14. The van der Waals surface area contributed by atoms with Gasteiger partial charge in [-0.25, -0.2) is 14.4 Å². The third-order valence-electron chi connectivity index (χ3n) is 8.76. The quantitative estimate of drug-likeness (QED) is 0.132. The summed E-state index contributed by atoms with van der Waals surface area (Å²) in [5, 5.41) is 11.1. The topological polar surface area (TPSA) is 127 Å². The van der Waals surface area contributed by atoms with Crippen LogP contribution in [0.3, 0.4) is 0 Å². The van der Waals surface area contributed by atoms with Crippen LogP contribution in [0.5, 0.6) is 23.0 Å². The number of hydrogen-bond acceptors (Lipinski definition) is 9. The number of phenolic OH excluding ortho intramolecular Hbond substituents is 1. The Hall–Kier alpha value is -5.33. The van der Waals surface area contributed by atoms with Crippen molar-refractivity contribution >= 4 is 41.5 Å². The maximum atomic E-state index is 12.7. The number of aromatic hydroxyl groups is 1. The van der Waals surface area contributed by atoms with Gasteiger partial charge in [0.2, 0.25) is 0 Å². The molecule has 3 amide bonds. The zero-order valence-corrected chi connectivity index (χ0v) is 37.8. The van der Waals surface area contributed by atoms with Crippen LogP contribution in [-0.2, 0) is 9.47 Å². The molecule has 14 heteroatoms. The molecule has 0 aliphatic heterocycles. The van der Waals surface area contributed by atoms with E-state index >= 15 is 0 Å². The summed E-state index contributed by atoms with van der Waals surface area (Å²) in [6.45, 7) is 14.1. The van der Waals surface area contributed by atoms with Crippen molar-refractivity contribution in [1.29, 1.82) is 0 Å². The lowest BCUT2D eigenvalue weighted by Gasteiger charge is -2.31. The first kappa shape index (κ1) is 49.0. The minimum atomic E-state index is -0.612. The van der Waals surface area contributed by atoms with Crippen molar-refractivity contribution in [2.75, 3.05) is 40.9 Å². The van der Waals surface area contributed by atoms with E-state index in [0.717, 1.165) is 11.1 Å². The number of carbonyl (C=O) groups is 3. The van der Waals surface area contributed by atoms with Crippen LogP contribution in [0.4, 0.5) is 14.4 Å². The van der Waals surface area contributed by atoms with Crippen molar-refractivity contribution in [2.24, 2.45) is 0 Å². The first-order valence-electron chi connectivity index (χ1n) is 19.7. The third kappa shape index (κ3) is 17.1. The van der Waals surface area contributed by atoms with Gasteiger partial charge in [-0.1, -0.05) is 47.5 Å². The van der Waals surface area contributed by atoms with Crippen LogP contribution >= 0.6 is 23.2 Å². The minimum absolute atomic E-state index is 0.147. The monoisotopic (exact) mass is 867 g/mol. The number of hydrogen-bond donors (Lipinski definition) is 1. The summed E-state index contributed by atoms with van der Waals surface area (Å²) in [6.07, 6.45) is -0.233. The lowest BCUT2D eigenvalue weighted by molar-refractivity contribution is 0.0190. The van der Waals surface area contributed by atoms with Gasteiger partial charge in [0.1, 0.15) is 34.2 Å². The highest BCUT2D eigenvalue weighted by molar-refractivity contribution is 6.30. The third-order valence-corrected chi connectivity index (χ3v) is 9.26. The number of nitrogens with zero attached hydrogens (tertiary/aromatic N) is 3. The SMILES string of the molecule is CCN(C)C(=O)Oc1ccc(C(CCOc2ccc(Cl)cc2)N(C)C(=O)OC(C)(C)C)cc1.CN(C(=O)OC(C)(C)C)C(CCOc1ccc(Cl)cc1)c1cccc(O)c1. The summed E-state index contributed by atoms with van der Waals surface area (Å²) in [4.78, 5) is 41.8. The predicted octanol–water partition coefficient (Wildman–Crippen LogP) is 11.6. The van der Waals surface area contributed by atoms with Gasteiger partial charge in [0.25, 0.3) is 0 Å². The molecule has 0 fully saturated rings. The van der Waals surface area contributed by atoms with E-state index in [0.29, 0.717) is 59.9 Å². The Kier molecular flexibility index (Phi) is 18.7. The van der Waals surface area contributed by atoms with Gasteiger partial charge in [-0.15, -0.1) is 0 Å². The summed E-state index contributed by atoms with van der Waals surface area (Å²) < 4.78 is 28.0. The Morgan fingerprint density at radius 1 is 0.600 bits per heavy atom. The van der Waals surface area contributed by atoms with Gasteiger partial charge in [0.15, 0.2) is 0 Å². The fraction of sp³-hybridized carbons (Fsp3) is 0.413. The van der Waals surface area contributed by atoms with Gasteiger partial charge in [0.05, 0.1) is 25.3 Å². The van der Waals surface area contributed by atoms with Crippen molar-refractivity contribution in [3.05, 3.63) is 118 Å². The fourth-order valence-corrected chi connectivity index (χ4v) is 5.78. The minimum Gasteiger partial charge on any atom is -0.508 e. The second-order valence-corrected chi connectivity index (χ2v) is 16.8. The molecule has 326 valence electrons. The lowest BCUT2D eigenvalue weighted by Crippen LogP contribution is -2.37. The summed E-state index contributed by atoms with van der Waals surface area (Å²) in [7, 11) is 5.06. The Morgan fingerprint density at radius 3 is 1.42 bits per heavy atom. The largest absolute Gasteiger partial charge is 0.508 e. The van der Waals surface area contributed by atoms with Crippen LogP contribution in [0.1, 0.15) is 84.5 Å². The molecule has 2 atom stereocenters. The normalized spacial score (nSPS) is 12.1. The van der Waals surface area contributed by atoms with Crippen molar-refractivity contribution in [3.8, 4) is 23.0 Å². The van der Waals surface area contributed by atoms with E-state index in [1.54, 1.807) is 105 Å². The van der Waals surface area contributed by atoms with Crippen molar-refractivity contribution in [1.82, 2.24) is 14.7 Å². The van der Waals surface area contributed by atoms with E-state index in [1.165, 1.54) is 9.80 Å². The summed E-state index contributed by atoms with van der Waals surface area (Å²) in [6, 6.07) is 27.6. The number of amides is 3. The van der Waals surface area contributed by atoms with E-state index in [2.05, 4.69) is 0 Å². The average Bonchev–Trinajstić information content (AvgIpc) is 3.18. The molecule has 60 heavy (non-hydrogen) atoms. The molecule has 0 heterocycles. The molecule has 4 rings (SSSR count). The van der Waals surface area contributed by atoms with Gasteiger partial charge in [-0.05, 0) is 132 Å². The Labute approximate surface area is 364 Å². The Bertz CT molecular complexity index is 1950. The lowest BCUT2D eigenvalue weighted by atomic mass is 10.0. The van der Waals surface area contributed by atoms with Crippen molar-refractivity contribution < 1.29 is 43.2 Å². The molecular formula is C46H59Cl2N3O9. The number of phenols is 1. The number of carbonyl (C=O) groups excluding carboxylic acids is 3. The number of halogens is 2. The molecule has 4 aromatic carbocycles. The molecule has 0 radical (unpaired) electrons. The molecule has 0 aromatic heterocycles. The summed E-state index contributed by atoms with van der Waals surface area (Å²) in [5.41, 5.74) is 0.475. The number of benzene rings is 4. The first-order valence-corrected chi connectivity index (χ1v) is 20.4. The highest BCUT2D eigenvalue weighted by Crippen LogP contribution is 2.30. The molecule has 0 aliphatic rings. The van der Waals surface area contributed by atoms with Crippen LogP contribution in [0.25, 0.3) is 0 Å². The van der Waals surface area contributed by atoms with Crippen LogP contribution < -0.4 is 14.2 Å². The van der Waals surface area contributed by atoms with E-state index in [1.807, 2.05) is 66.7 Å². The highest BCUT2D eigenvalue weighted by Gasteiger charge is 2.28. The molecule has 1 N–H and O–H groups in total. The maximum absolute atomic E-state index is 12.7. The van der Waals surface area contributed by atoms with E-state index in [4.69, 9.17) is 46.9 Å². The molecule has 0 saturated heterocycles. The predicted molar refractivity (Wildman–Crippen MR) is 235 cm³/mol. The smallest absolute Gasteiger partial charge is 0.414 e. The highest BCUT2D eigenvalue weighted by atomic mass is 35.5. The molecule has 0 aliphatic carbocycles. The summed E-state index contributed by atoms with van der Waals surface area (Å²) in [5.74, 6) is 1.98. The van der Waals surface area contributed by atoms with Crippen LogP contribution in [-0.4, -0.2) is 90.2 Å². The average molecular weight is 869 g/mol. The van der Waals surface area contributed by atoms with Crippen LogP contribution in [0, 0.1) is 0 Å². The second-order valence-electron chi connectivity index (χ2n) is 15.9. The van der Waals surface area contributed by atoms with Crippen LogP contribution in [0.15, 0.2) is 97.1 Å². The molecule has 12 nitrogen and oxygen atoms in total. The number of ether oxygens (including phenoxy) is 5. The second kappa shape index (κ2) is 22.9. The maximum Gasteiger partial charge on any atom is 0.414 e. The zero-order chi connectivity index (χ0) is 44.6. The van der Waals surface area contributed by atoms with E-state index in [9.17, 15) is 19.5 Å². The Morgan fingerprint density at radius 2 is 1.02 bits per heavy atom. The van der Waals surface area contributed by atoms with E-state index in [-0.39, 0.29) is 17.8 Å².